The molecular formula is C8H9KO3S2. The number of ketones is 1. The molecule has 0 aliphatic carbocycles. The van der Waals surface area contributed by atoms with E-state index in [9.17, 15) is 13.2 Å². The van der Waals surface area contributed by atoms with Gasteiger partial charge in [0, 0.05) is 5.56 Å². The Labute approximate surface area is 130 Å². The number of rotatable bonds is 2. The fourth-order valence-corrected chi connectivity index (χ4v) is 1.74. The third-order valence-electron chi connectivity index (χ3n) is 1.54. The van der Waals surface area contributed by atoms with E-state index in [-0.39, 0.29) is 62.1 Å². The summed E-state index contributed by atoms with van der Waals surface area (Å²) in [4.78, 5) is 10.9. The second kappa shape index (κ2) is 5.79. The molecule has 14 heavy (non-hydrogen) atoms. The maximum absolute atomic E-state index is 11.0. The molecule has 0 amide bonds. The number of hydrogen-bond acceptors (Lipinski definition) is 3. The van der Waals surface area contributed by atoms with E-state index in [1.54, 1.807) is 6.07 Å². The summed E-state index contributed by atoms with van der Waals surface area (Å²) in [6.07, 6.45) is 0. The van der Waals surface area contributed by atoms with E-state index in [0.717, 1.165) is 0 Å². The Hall–Kier alpha value is 0.826. The zero-order valence-corrected chi connectivity index (χ0v) is 8.60. The van der Waals surface area contributed by atoms with Crippen molar-refractivity contribution >= 4 is 77.7 Å². The van der Waals surface area contributed by atoms with Crippen LogP contribution in [-0.2, 0) is 8.87 Å². The van der Waals surface area contributed by atoms with Gasteiger partial charge in [0.1, 0.15) is 0 Å². The molecule has 72 valence electrons. The van der Waals surface area contributed by atoms with Crippen molar-refractivity contribution in [3.8, 4) is 0 Å². The molecule has 6 heteroatoms. The fourth-order valence-electron chi connectivity index (χ4n) is 0.876. The molecule has 0 unspecified atom stereocenters. The number of hydrogen-bond donors (Lipinski definition) is 1. The first-order valence-electron chi connectivity index (χ1n) is 3.50. The Kier molecular flexibility index (Phi) is 6.13. The van der Waals surface area contributed by atoms with Gasteiger partial charge in [-0.05, 0) is 30.7 Å². The minimum absolute atomic E-state index is 0. The fraction of sp³-hybridized carbons (Fsp3) is 0.125. The van der Waals surface area contributed by atoms with Gasteiger partial charge in [-0.1, -0.05) is 12.1 Å². The van der Waals surface area contributed by atoms with Gasteiger partial charge >= 0.3 is 51.4 Å². The second-order valence-electron chi connectivity index (χ2n) is 2.56. The Morgan fingerprint density at radius 3 is 2.36 bits per heavy atom. The molecule has 0 radical (unpaired) electrons. The predicted octanol–water partition coefficient (Wildman–Crippen LogP) is 0.859. The van der Waals surface area contributed by atoms with Crippen molar-refractivity contribution < 1.29 is 13.2 Å². The maximum atomic E-state index is 11.0. The minimum atomic E-state index is -3.52. The quantitative estimate of drug-likeness (QED) is 0.369. The van der Waals surface area contributed by atoms with Crippen LogP contribution in [0, 0.1) is 0 Å². The average Bonchev–Trinajstić information content (AvgIpc) is 2.03. The summed E-state index contributed by atoms with van der Waals surface area (Å²) >= 11 is 3.42. The van der Waals surface area contributed by atoms with Gasteiger partial charge in [-0.25, -0.2) is 8.42 Å². The predicted molar refractivity (Wildman–Crippen MR) is 59.8 cm³/mol. The summed E-state index contributed by atoms with van der Waals surface area (Å²) < 4.78 is 21.9. The molecule has 3 nitrogen and oxygen atoms in total. The van der Waals surface area contributed by atoms with Gasteiger partial charge < -0.3 is 0 Å². The molecule has 0 fully saturated rings. The van der Waals surface area contributed by atoms with Gasteiger partial charge in [0.05, 0.1) is 4.90 Å². The summed E-state index contributed by atoms with van der Waals surface area (Å²) in [7, 11) is -3.52. The van der Waals surface area contributed by atoms with Gasteiger partial charge in [0.25, 0.3) is 0 Å². The van der Waals surface area contributed by atoms with Crippen LogP contribution < -0.4 is 0 Å². The Morgan fingerprint density at radius 2 is 1.93 bits per heavy atom. The zero-order chi connectivity index (χ0) is 10.1. The van der Waals surface area contributed by atoms with Crippen molar-refractivity contribution in [1.29, 1.82) is 0 Å². The summed E-state index contributed by atoms with van der Waals surface area (Å²) in [5, 5.41) is 0. The number of carbonyl (C=O) groups excluding carboxylic acids is 1. The van der Waals surface area contributed by atoms with E-state index < -0.39 is 8.87 Å². The van der Waals surface area contributed by atoms with Crippen LogP contribution in [0.3, 0.4) is 0 Å². The first-order valence-corrected chi connectivity index (χ1v) is 6.03. The summed E-state index contributed by atoms with van der Waals surface area (Å²) in [6, 6.07) is 5.78. The van der Waals surface area contributed by atoms with E-state index in [1.807, 2.05) is 0 Å². The third kappa shape index (κ3) is 4.14. The standard InChI is InChI=1S/C8H8O3S2.K.H/c1-6(9)7-3-2-4-8(5-7)13(10,11)12;;/h2-5H,1H3,(H,10,11,12);;. The zero-order valence-electron chi connectivity index (χ0n) is 6.89. The van der Waals surface area contributed by atoms with Crippen LogP contribution in [0.1, 0.15) is 17.3 Å². The van der Waals surface area contributed by atoms with Crippen LogP contribution >= 0.6 is 11.7 Å². The number of Topliss-reactive ketones (excluding diaryl/α,β-unsaturated/α-hetero) is 1. The topological polar surface area (TPSA) is 51.2 Å². The molecule has 0 aromatic heterocycles. The first-order chi connectivity index (χ1) is 5.91. The molecule has 0 spiro atoms. The van der Waals surface area contributed by atoms with Crippen molar-refractivity contribution in [1.82, 2.24) is 0 Å². The average molecular weight is 256 g/mol. The molecule has 0 aliphatic rings. The van der Waals surface area contributed by atoms with Crippen molar-refractivity contribution in [2.75, 3.05) is 0 Å². The van der Waals surface area contributed by atoms with Gasteiger partial charge in [-0.2, -0.15) is 0 Å². The van der Waals surface area contributed by atoms with Crippen molar-refractivity contribution in [3.05, 3.63) is 29.8 Å². The Morgan fingerprint density at radius 1 is 1.36 bits per heavy atom. The Bertz CT molecular complexity index is 440. The summed E-state index contributed by atoms with van der Waals surface area (Å²) in [5.74, 6) is -0.168. The first kappa shape index (κ1) is 14.8. The van der Waals surface area contributed by atoms with Crippen LogP contribution in [0.4, 0.5) is 0 Å². The van der Waals surface area contributed by atoms with E-state index in [1.165, 1.54) is 25.1 Å². The normalized spacial score (nSPS) is 10.4. The van der Waals surface area contributed by atoms with Crippen LogP contribution in [0.25, 0.3) is 0 Å². The molecule has 0 atom stereocenters. The van der Waals surface area contributed by atoms with Crippen molar-refractivity contribution in [2.24, 2.45) is 0 Å². The molecule has 1 rings (SSSR count). The third-order valence-corrected chi connectivity index (χ3v) is 3.02. The van der Waals surface area contributed by atoms with Crippen LogP contribution in [0.2, 0.25) is 0 Å². The van der Waals surface area contributed by atoms with E-state index >= 15 is 0 Å². The Balaban J connectivity index is 0.00000169. The van der Waals surface area contributed by atoms with Gasteiger partial charge in [0.2, 0.25) is 8.87 Å². The molecule has 0 bridgehead atoms. The number of carbonyl (C=O) groups is 1. The summed E-state index contributed by atoms with van der Waals surface area (Å²) in [5.41, 5.74) is 0.370. The second-order valence-corrected chi connectivity index (χ2v) is 5.42. The number of benzene rings is 1. The van der Waals surface area contributed by atoms with Gasteiger partial charge in [-0.15, -0.1) is 0 Å². The molecule has 0 saturated heterocycles. The van der Waals surface area contributed by atoms with Gasteiger partial charge in [-0.3, -0.25) is 4.79 Å². The molecule has 1 aromatic rings. The van der Waals surface area contributed by atoms with Crippen molar-refractivity contribution in [3.63, 3.8) is 0 Å². The summed E-state index contributed by atoms with van der Waals surface area (Å²) in [6.45, 7) is 1.38. The molecule has 0 N–H and O–H groups in total. The molecule has 1 aromatic carbocycles. The van der Waals surface area contributed by atoms with E-state index in [4.69, 9.17) is 0 Å². The molecule has 0 aliphatic heterocycles. The van der Waals surface area contributed by atoms with E-state index in [0.29, 0.717) is 5.56 Å². The van der Waals surface area contributed by atoms with Crippen LogP contribution in [0.5, 0.6) is 0 Å². The van der Waals surface area contributed by atoms with E-state index in [2.05, 4.69) is 11.7 Å². The number of thiol groups is 1. The van der Waals surface area contributed by atoms with Gasteiger partial charge in [0.15, 0.2) is 5.78 Å². The van der Waals surface area contributed by atoms with Crippen LogP contribution in [0.15, 0.2) is 29.2 Å². The van der Waals surface area contributed by atoms with Crippen molar-refractivity contribution in [2.45, 2.75) is 11.8 Å². The SMILES string of the molecule is CC(=O)c1cccc(S(=O)(=O)S)c1.[KH]. The van der Waals surface area contributed by atoms with Crippen LogP contribution in [-0.4, -0.2) is 65.6 Å². The molecule has 0 saturated carbocycles. The molecule has 0 heterocycles. The monoisotopic (exact) mass is 256 g/mol. The molecular weight excluding hydrogens is 247 g/mol.